The highest BCUT2D eigenvalue weighted by Gasteiger charge is 2.18. The SMILES string of the molecule is CCn1cc(CN(C(=O)CCCOc2ccc(F)cc2C)C2=C/C=C(/C(C)C)CC/C=C\2)cn1. The fraction of sp³-hybridized carbons (Fsp3) is 0.429. The van der Waals surface area contributed by atoms with Crippen LogP contribution in [0.1, 0.15) is 57.6 Å². The van der Waals surface area contributed by atoms with Crippen molar-refractivity contribution in [2.45, 2.75) is 66.5 Å². The number of hydrogen-bond acceptors (Lipinski definition) is 3. The minimum absolute atomic E-state index is 0.0413. The number of ether oxygens (including phenoxy) is 1. The summed E-state index contributed by atoms with van der Waals surface area (Å²) in [7, 11) is 0. The van der Waals surface area contributed by atoms with Crippen LogP contribution in [0.4, 0.5) is 4.39 Å². The maximum atomic E-state index is 13.4. The third-order valence-electron chi connectivity index (χ3n) is 5.99. The van der Waals surface area contributed by atoms with E-state index in [2.05, 4.69) is 37.2 Å². The van der Waals surface area contributed by atoms with E-state index >= 15 is 0 Å². The number of benzene rings is 1. The molecule has 0 spiro atoms. The normalized spacial score (nSPS) is 17.8. The van der Waals surface area contributed by atoms with Gasteiger partial charge in [-0.15, -0.1) is 0 Å². The number of nitrogens with zero attached hydrogens (tertiary/aromatic N) is 3. The average molecular weight is 466 g/mol. The summed E-state index contributed by atoms with van der Waals surface area (Å²) in [6.07, 6.45) is 15.2. The van der Waals surface area contributed by atoms with Gasteiger partial charge in [-0.3, -0.25) is 9.48 Å². The maximum Gasteiger partial charge on any atom is 0.227 e. The summed E-state index contributed by atoms with van der Waals surface area (Å²) < 4.78 is 21.0. The minimum atomic E-state index is -0.280. The number of carbonyl (C=O) groups excluding carboxylic acids is 1. The molecule has 0 aliphatic heterocycles. The second-order valence-electron chi connectivity index (χ2n) is 8.97. The van der Waals surface area contributed by atoms with Crippen molar-refractivity contribution in [3.63, 3.8) is 0 Å². The zero-order valence-corrected chi connectivity index (χ0v) is 20.8. The number of carbonyl (C=O) groups is 1. The van der Waals surface area contributed by atoms with Crippen LogP contribution in [0.5, 0.6) is 5.75 Å². The predicted octanol–water partition coefficient (Wildman–Crippen LogP) is 6.35. The quantitative estimate of drug-likeness (QED) is 0.384. The van der Waals surface area contributed by atoms with E-state index in [0.717, 1.165) is 36.2 Å². The van der Waals surface area contributed by atoms with Crippen molar-refractivity contribution in [1.82, 2.24) is 14.7 Å². The fourth-order valence-electron chi connectivity index (χ4n) is 3.93. The molecule has 0 N–H and O–H groups in total. The van der Waals surface area contributed by atoms with Crippen molar-refractivity contribution in [2.24, 2.45) is 5.92 Å². The summed E-state index contributed by atoms with van der Waals surface area (Å²) in [6, 6.07) is 4.47. The van der Waals surface area contributed by atoms with Crippen molar-refractivity contribution in [2.75, 3.05) is 6.61 Å². The standard InChI is InChI=1S/C28H36FN3O2/c1-5-31-19-23(18-30-31)20-32(26-10-7-6-9-24(12-14-26)21(2)3)28(33)11-8-16-34-27-15-13-25(29)17-22(27)4/h7,10,12-15,17-19,21H,5-6,8-9,11,16,20H2,1-4H3/b10-7-,24-12+,26-14+. The van der Waals surface area contributed by atoms with Gasteiger partial charge in [0.15, 0.2) is 0 Å². The summed E-state index contributed by atoms with van der Waals surface area (Å²) in [5, 5.41) is 4.37. The molecule has 1 aromatic heterocycles. The van der Waals surface area contributed by atoms with Gasteiger partial charge in [0, 0.05) is 30.4 Å². The molecular weight excluding hydrogens is 429 g/mol. The number of amides is 1. The molecule has 6 heteroatoms. The lowest BCUT2D eigenvalue weighted by Crippen LogP contribution is -2.29. The number of aromatic nitrogens is 2. The fourth-order valence-corrected chi connectivity index (χ4v) is 3.93. The van der Waals surface area contributed by atoms with Gasteiger partial charge in [0.25, 0.3) is 0 Å². The van der Waals surface area contributed by atoms with Gasteiger partial charge in [-0.05, 0) is 74.9 Å². The van der Waals surface area contributed by atoms with Gasteiger partial charge in [0.1, 0.15) is 11.6 Å². The topological polar surface area (TPSA) is 47.4 Å². The molecule has 0 radical (unpaired) electrons. The number of halogens is 1. The first-order chi connectivity index (χ1) is 16.4. The Labute approximate surface area is 202 Å². The highest BCUT2D eigenvalue weighted by atomic mass is 19.1. The molecule has 3 rings (SSSR count). The molecule has 0 saturated carbocycles. The third-order valence-corrected chi connectivity index (χ3v) is 5.99. The van der Waals surface area contributed by atoms with Gasteiger partial charge in [-0.25, -0.2) is 4.39 Å². The third kappa shape index (κ3) is 7.17. The Morgan fingerprint density at radius 2 is 2.12 bits per heavy atom. The Morgan fingerprint density at radius 1 is 1.29 bits per heavy atom. The highest BCUT2D eigenvalue weighted by molar-refractivity contribution is 5.78. The van der Waals surface area contributed by atoms with E-state index in [1.807, 2.05) is 41.9 Å². The predicted molar refractivity (Wildman–Crippen MR) is 134 cm³/mol. The first kappa shape index (κ1) is 25.5. The maximum absolute atomic E-state index is 13.4. The van der Waals surface area contributed by atoms with Gasteiger partial charge in [-0.2, -0.15) is 5.10 Å². The van der Waals surface area contributed by atoms with Gasteiger partial charge in [0.05, 0.1) is 19.3 Å². The van der Waals surface area contributed by atoms with Crippen LogP contribution in [0.3, 0.4) is 0 Å². The lowest BCUT2D eigenvalue weighted by molar-refractivity contribution is -0.129. The van der Waals surface area contributed by atoms with E-state index in [1.165, 1.54) is 17.7 Å². The second kappa shape index (κ2) is 12.4. The molecule has 0 atom stereocenters. The first-order valence-corrected chi connectivity index (χ1v) is 12.1. The first-order valence-electron chi connectivity index (χ1n) is 12.1. The Kier molecular flexibility index (Phi) is 9.25. The van der Waals surface area contributed by atoms with Crippen LogP contribution in [0, 0.1) is 18.7 Å². The van der Waals surface area contributed by atoms with Crippen LogP contribution in [0.25, 0.3) is 0 Å². The molecule has 182 valence electrons. The van der Waals surface area contributed by atoms with Crippen molar-refractivity contribution >= 4 is 5.91 Å². The van der Waals surface area contributed by atoms with Gasteiger partial charge in [-0.1, -0.05) is 31.6 Å². The van der Waals surface area contributed by atoms with Crippen LogP contribution in [0.2, 0.25) is 0 Å². The molecule has 1 aromatic carbocycles. The van der Waals surface area contributed by atoms with Gasteiger partial charge < -0.3 is 9.64 Å². The highest BCUT2D eigenvalue weighted by Crippen LogP contribution is 2.23. The second-order valence-corrected chi connectivity index (χ2v) is 8.97. The van der Waals surface area contributed by atoms with Crippen LogP contribution in [-0.4, -0.2) is 27.2 Å². The molecule has 5 nitrogen and oxygen atoms in total. The van der Waals surface area contributed by atoms with E-state index < -0.39 is 0 Å². The minimum Gasteiger partial charge on any atom is -0.493 e. The van der Waals surface area contributed by atoms with Gasteiger partial charge in [0.2, 0.25) is 5.91 Å². The summed E-state index contributed by atoms with van der Waals surface area (Å²) in [5.74, 6) is 0.884. The summed E-state index contributed by atoms with van der Waals surface area (Å²) in [6.45, 7) is 9.92. The smallest absolute Gasteiger partial charge is 0.227 e. The Hall–Kier alpha value is -3.15. The van der Waals surface area contributed by atoms with E-state index in [-0.39, 0.29) is 11.7 Å². The number of hydrogen-bond donors (Lipinski definition) is 0. The molecular formula is C28H36FN3O2. The molecule has 0 bridgehead atoms. The monoisotopic (exact) mass is 465 g/mol. The summed E-state index contributed by atoms with van der Waals surface area (Å²) >= 11 is 0. The zero-order valence-electron chi connectivity index (χ0n) is 20.8. The van der Waals surface area contributed by atoms with Gasteiger partial charge >= 0.3 is 0 Å². The van der Waals surface area contributed by atoms with Crippen LogP contribution in [-0.2, 0) is 17.9 Å². The van der Waals surface area contributed by atoms with E-state index in [9.17, 15) is 9.18 Å². The molecule has 1 aliphatic carbocycles. The van der Waals surface area contributed by atoms with E-state index in [0.29, 0.717) is 37.7 Å². The molecule has 0 saturated heterocycles. The molecule has 2 aromatic rings. The molecule has 1 aliphatic rings. The number of rotatable bonds is 10. The molecule has 0 fully saturated rings. The Balaban J connectivity index is 1.72. The van der Waals surface area contributed by atoms with Crippen molar-refractivity contribution in [3.8, 4) is 5.75 Å². The largest absolute Gasteiger partial charge is 0.493 e. The Bertz CT molecular complexity index is 1070. The number of aryl methyl sites for hydroxylation is 2. The lowest BCUT2D eigenvalue weighted by atomic mass is 9.96. The van der Waals surface area contributed by atoms with Crippen LogP contribution < -0.4 is 4.74 Å². The lowest BCUT2D eigenvalue weighted by Gasteiger charge is -2.24. The van der Waals surface area contributed by atoms with Crippen molar-refractivity contribution in [1.29, 1.82) is 0 Å². The summed E-state index contributed by atoms with van der Waals surface area (Å²) in [4.78, 5) is 15.2. The average Bonchev–Trinajstić information content (AvgIpc) is 3.24. The van der Waals surface area contributed by atoms with Crippen LogP contribution >= 0.6 is 0 Å². The van der Waals surface area contributed by atoms with E-state index in [1.54, 1.807) is 6.07 Å². The number of allylic oxidation sites excluding steroid dienone is 5. The summed E-state index contributed by atoms with van der Waals surface area (Å²) in [5.41, 5.74) is 4.02. The van der Waals surface area contributed by atoms with Crippen molar-refractivity contribution < 1.29 is 13.9 Å². The zero-order chi connectivity index (χ0) is 24.5. The molecule has 34 heavy (non-hydrogen) atoms. The van der Waals surface area contributed by atoms with Crippen molar-refractivity contribution in [3.05, 3.63) is 83.1 Å². The molecule has 1 amide bonds. The molecule has 0 unspecified atom stereocenters. The molecule has 1 heterocycles. The van der Waals surface area contributed by atoms with E-state index in [4.69, 9.17) is 4.74 Å². The van der Waals surface area contributed by atoms with Crippen LogP contribution in [0.15, 0.2) is 66.2 Å². The Morgan fingerprint density at radius 3 is 2.82 bits per heavy atom.